The lowest BCUT2D eigenvalue weighted by Gasteiger charge is -2.31. The van der Waals surface area contributed by atoms with Crippen LogP contribution in [0, 0.1) is 0 Å². The Morgan fingerprint density at radius 1 is 0.950 bits per heavy atom. The summed E-state index contributed by atoms with van der Waals surface area (Å²) >= 11 is 0. The average Bonchev–Trinajstić information content (AvgIpc) is 2.26. The molecule has 0 aliphatic rings. The van der Waals surface area contributed by atoms with Crippen molar-refractivity contribution in [1.29, 1.82) is 0 Å². The Labute approximate surface area is 109 Å². The minimum absolute atomic E-state index is 0.699. The van der Waals surface area contributed by atoms with Gasteiger partial charge in [-0.3, -0.25) is 4.79 Å². The van der Waals surface area contributed by atoms with Gasteiger partial charge in [-0.1, -0.05) is 6.07 Å². The van der Waals surface area contributed by atoms with Gasteiger partial charge < -0.3 is 5.11 Å². The van der Waals surface area contributed by atoms with Crippen molar-refractivity contribution >= 4 is 5.78 Å². The van der Waals surface area contributed by atoms with Crippen molar-refractivity contribution in [2.75, 3.05) is 0 Å². The zero-order chi connectivity index (χ0) is 15.6. The first kappa shape index (κ1) is 16.4. The van der Waals surface area contributed by atoms with E-state index in [4.69, 9.17) is 5.11 Å². The maximum atomic E-state index is 12.4. The minimum atomic E-state index is -5.98. The molecule has 0 aliphatic heterocycles. The van der Waals surface area contributed by atoms with Crippen molar-refractivity contribution in [3.05, 3.63) is 30.6 Å². The largest absolute Gasteiger partial charge is 0.426 e. The summed E-state index contributed by atoms with van der Waals surface area (Å²) in [4.78, 5) is 11.3. The summed E-state index contributed by atoms with van der Waals surface area (Å²) in [7, 11) is 0. The highest BCUT2D eigenvalue weighted by Crippen LogP contribution is 2.45. The Morgan fingerprint density at radius 3 is 1.80 bits per heavy atom. The Bertz CT molecular complexity index is 454. The molecule has 0 radical (unpaired) electrons. The van der Waals surface area contributed by atoms with Gasteiger partial charge >= 0.3 is 12.4 Å². The van der Waals surface area contributed by atoms with Crippen LogP contribution in [0.1, 0.15) is 6.42 Å². The fourth-order valence-corrected chi connectivity index (χ4v) is 1.45. The molecule has 1 aromatic rings. The number of alkyl halides is 6. The number of Topliss-reactive ketones (excluding diaryl/α,β-unsaturated/α-hetero) is 1. The number of halogens is 6. The molecule has 0 atom stereocenters. The second kappa shape index (κ2) is 5.39. The first-order valence-electron chi connectivity index (χ1n) is 5.29. The van der Waals surface area contributed by atoms with E-state index in [2.05, 4.69) is 0 Å². The van der Waals surface area contributed by atoms with Gasteiger partial charge in [0, 0.05) is 12.1 Å². The molecule has 1 heterocycles. The van der Waals surface area contributed by atoms with E-state index in [1.165, 1.54) is 24.5 Å². The maximum Gasteiger partial charge on any atom is 0.426 e. The van der Waals surface area contributed by atoms with Crippen molar-refractivity contribution in [2.24, 2.45) is 0 Å². The standard InChI is InChI=1S/C11H10F6NO2/c12-10(13,14)9(20,11(15,16)17)6-8(19)7-18-4-2-1-3-5-18/h1-5,20H,6-7H2/q+1. The summed E-state index contributed by atoms with van der Waals surface area (Å²) in [5.41, 5.74) is -5.04. The zero-order valence-electron chi connectivity index (χ0n) is 9.87. The Morgan fingerprint density at radius 2 is 1.40 bits per heavy atom. The van der Waals surface area contributed by atoms with E-state index in [-0.39, 0.29) is 0 Å². The van der Waals surface area contributed by atoms with E-state index >= 15 is 0 Å². The van der Waals surface area contributed by atoms with Gasteiger partial charge in [-0.15, -0.1) is 0 Å². The number of hydrogen-bond donors (Lipinski definition) is 1. The predicted octanol–water partition coefficient (Wildman–Crippen LogP) is 1.79. The maximum absolute atomic E-state index is 12.4. The van der Waals surface area contributed by atoms with Crippen LogP contribution in [-0.4, -0.2) is 28.8 Å². The predicted molar refractivity (Wildman–Crippen MR) is 53.3 cm³/mol. The molecule has 0 amide bonds. The molecular weight excluding hydrogens is 292 g/mol. The lowest BCUT2D eigenvalue weighted by molar-refractivity contribution is -0.684. The SMILES string of the molecule is O=C(C[n+]1ccccc1)CC(O)(C(F)(F)F)C(F)(F)F. The van der Waals surface area contributed by atoms with Crippen LogP contribution in [0.2, 0.25) is 0 Å². The quantitative estimate of drug-likeness (QED) is 0.680. The number of ketones is 1. The van der Waals surface area contributed by atoms with Crippen LogP contribution < -0.4 is 4.57 Å². The molecular formula is C11H10F6NO2+. The highest BCUT2D eigenvalue weighted by molar-refractivity contribution is 5.78. The normalized spacial score (nSPS) is 13.3. The number of nitrogens with zero attached hydrogens (tertiary/aromatic N) is 1. The molecule has 112 valence electrons. The second-order valence-electron chi connectivity index (χ2n) is 4.12. The molecule has 0 bridgehead atoms. The Hall–Kier alpha value is -1.64. The molecule has 20 heavy (non-hydrogen) atoms. The number of aromatic nitrogens is 1. The van der Waals surface area contributed by atoms with E-state index in [0.29, 0.717) is 0 Å². The third-order valence-electron chi connectivity index (χ3n) is 2.53. The molecule has 1 aromatic heterocycles. The first-order chi connectivity index (χ1) is 8.97. The van der Waals surface area contributed by atoms with Crippen LogP contribution in [0.15, 0.2) is 30.6 Å². The fourth-order valence-electron chi connectivity index (χ4n) is 1.45. The Balaban J connectivity index is 2.90. The number of pyridine rings is 1. The molecule has 0 saturated carbocycles. The van der Waals surface area contributed by atoms with E-state index in [9.17, 15) is 31.1 Å². The van der Waals surface area contributed by atoms with Crippen LogP contribution in [0.4, 0.5) is 26.3 Å². The van der Waals surface area contributed by atoms with Gasteiger partial charge in [0.15, 0.2) is 12.4 Å². The highest BCUT2D eigenvalue weighted by Gasteiger charge is 2.71. The van der Waals surface area contributed by atoms with E-state index in [1.807, 2.05) is 0 Å². The van der Waals surface area contributed by atoms with Crippen molar-refractivity contribution in [2.45, 2.75) is 30.9 Å². The summed E-state index contributed by atoms with van der Waals surface area (Å²) in [6.45, 7) is -0.699. The monoisotopic (exact) mass is 302 g/mol. The van der Waals surface area contributed by atoms with E-state index in [1.54, 1.807) is 6.07 Å². The van der Waals surface area contributed by atoms with Crippen LogP contribution in [0.5, 0.6) is 0 Å². The zero-order valence-corrected chi connectivity index (χ0v) is 9.87. The van der Waals surface area contributed by atoms with Gasteiger partial charge in [-0.05, 0) is 0 Å². The molecule has 0 aliphatic carbocycles. The molecule has 1 N–H and O–H groups in total. The third kappa shape index (κ3) is 3.47. The summed E-state index contributed by atoms with van der Waals surface area (Å²) in [5, 5.41) is 8.85. The first-order valence-corrected chi connectivity index (χ1v) is 5.29. The molecule has 3 nitrogen and oxygen atoms in total. The number of carbonyl (C=O) groups is 1. The van der Waals surface area contributed by atoms with Crippen LogP contribution in [0.25, 0.3) is 0 Å². The van der Waals surface area contributed by atoms with Crippen molar-refractivity contribution in [1.82, 2.24) is 0 Å². The highest BCUT2D eigenvalue weighted by atomic mass is 19.4. The van der Waals surface area contributed by atoms with Gasteiger partial charge in [0.2, 0.25) is 12.3 Å². The fraction of sp³-hybridized carbons (Fsp3) is 0.455. The molecule has 0 saturated heterocycles. The van der Waals surface area contributed by atoms with Gasteiger partial charge in [0.05, 0.1) is 6.42 Å². The minimum Gasteiger partial charge on any atom is -0.373 e. The number of aliphatic hydroxyl groups is 1. The summed E-state index contributed by atoms with van der Waals surface area (Å²) in [6, 6.07) is 4.46. The molecule has 0 spiro atoms. The smallest absolute Gasteiger partial charge is 0.373 e. The van der Waals surface area contributed by atoms with Crippen molar-refractivity contribution in [3.8, 4) is 0 Å². The van der Waals surface area contributed by atoms with Crippen molar-refractivity contribution in [3.63, 3.8) is 0 Å². The molecule has 9 heteroatoms. The second-order valence-corrected chi connectivity index (χ2v) is 4.12. The lowest BCUT2D eigenvalue weighted by Crippen LogP contribution is -2.58. The van der Waals surface area contributed by atoms with Crippen LogP contribution in [-0.2, 0) is 11.3 Å². The topological polar surface area (TPSA) is 41.2 Å². The number of rotatable bonds is 4. The third-order valence-corrected chi connectivity index (χ3v) is 2.53. The molecule has 0 fully saturated rings. The number of hydrogen-bond acceptors (Lipinski definition) is 2. The van der Waals surface area contributed by atoms with E-state index < -0.39 is 36.7 Å². The Kier molecular flexibility index (Phi) is 4.42. The molecule has 1 rings (SSSR count). The van der Waals surface area contributed by atoms with Crippen molar-refractivity contribution < 1.29 is 40.8 Å². The lowest BCUT2D eigenvalue weighted by atomic mass is 9.95. The summed E-state index contributed by atoms with van der Waals surface area (Å²) in [5.74, 6) is -1.39. The molecule has 0 unspecified atom stereocenters. The summed E-state index contributed by atoms with van der Waals surface area (Å²) < 4.78 is 75.3. The molecule has 0 aromatic carbocycles. The van der Waals surface area contributed by atoms with Gasteiger partial charge in [0.1, 0.15) is 0 Å². The summed E-state index contributed by atoms with van der Waals surface area (Å²) in [6.07, 6.45) is -11.4. The van der Waals surface area contributed by atoms with Gasteiger partial charge in [0.25, 0.3) is 5.60 Å². The average molecular weight is 302 g/mol. The van der Waals surface area contributed by atoms with Gasteiger partial charge in [-0.25, -0.2) is 0 Å². The van der Waals surface area contributed by atoms with E-state index in [0.717, 1.165) is 4.57 Å². The van der Waals surface area contributed by atoms with Gasteiger partial charge in [-0.2, -0.15) is 30.9 Å². The number of carbonyl (C=O) groups excluding carboxylic acids is 1. The van der Waals surface area contributed by atoms with Crippen LogP contribution in [0.3, 0.4) is 0 Å². The van der Waals surface area contributed by atoms with Crippen LogP contribution >= 0.6 is 0 Å².